The van der Waals surface area contributed by atoms with E-state index >= 15 is 0 Å². The third-order valence-corrected chi connectivity index (χ3v) is 6.17. The minimum absolute atomic E-state index is 0. The number of hydrogen-bond donors (Lipinski definition) is 2. The number of fused-ring (bicyclic) bond motifs is 1. The van der Waals surface area contributed by atoms with E-state index in [1.54, 1.807) is 24.2 Å². The van der Waals surface area contributed by atoms with E-state index in [-0.39, 0.29) is 18.5 Å². The Labute approximate surface area is 208 Å². The number of aromatic nitrogens is 5. The number of ether oxygens (including phenoxy) is 1. The highest BCUT2D eigenvalue weighted by Crippen LogP contribution is 2.32. The number of benzene rings is 2. The first-order valence-electron chi connectivity index (χ1n) is 10.8. The largest absolute Gasteiger partial charge is 0.495 e. The Kier molecular flexibility index (Phi) is 7.35. The first-order valence-corrected chi connectivity index (χ1v) is 11.2. The average Bonchev–Trinajstić information content (AvgIpc) is 3.38. The zero-order valence-corrected chi connectivity index (χ0v) is 20.1. The Hall–Kier alpha value is -3.14. The Morgan fingerprint density at radius 2 is 1.94 bits per heavy atom. The minimum atomic E-state index is -0.253. The van der Waals surface area contributed by atoms with Crippen LogP contribution in [0.4, 0.5) is 11.6 Å². The second-order valence-corrected chi connectivity index (χ2v) is 8.40. The standard InChI is InChI=1S/C23H24ClN7O2.ClH/c1-33-21-5-2-15(12-20(21)24)14-25-22-19-13-16(31-11-8-26-29-31)3-4-18(19)23(28-27-22)30-9-6-17(32)7-10-30;/h2-5,8,11-13,17,32H,6-7,9-10,14H2,1H3,(H,25,27);1H. The number of hydrogen-bond acceptors (Lipinski definition) is 8. The molecule has 0 unspecified atom stereocenters. The first-order chi connectivity index (χ1) is 16.1. The van der Waals surface area contributed by atoms with Crippen molar-refractivity contribution in [2.45, 2.75) is 25.5 Å². The highest BCUT2D eigenvalue weighted by Gasteiger charge is 2.21. The van der Waals surface area contributed by atoms with Crippen molar-refractivity contribution in [3.63, 3.8) is 0 Å². The lowest BCUT2D eigenvalue weighted by atomic mass is 10.1. The van der Waals surface area contributed by atoms with E-state index in [2.05, 4.69) is 30.7 Å². The molecule has 1 aliphatic heterocycles. The molecule has 9 nitrogen and oxygen atoms in total. The van der Waals surface area contributed by atoms with E-state index in [0.717, 1.165) is 53.8 Å². The molecule has 178 valence electrons. The monoisotopic (exact) mass is 501 g/mol. The molecule has 4 aromatic rings. The van der Waals surface area contributed by atoms with Crippen LogP contribution in [0.2, 0.25) is 5.02 Å². The van der Waals surface area contributed by atoms with E-state index in [1.807, 2.05) is 36.4 Å². The van der Waals surface area contributed by atoms with Crippen LogP contribution >= 0.6 is 24.0 Å². The predicted molar refractivity (Wildman–Crippen MR) is 134 cm³/mol. The van der Waals surface area contributed by atoms with Crippen molar-refractivity contribution in [2.24, 2.45) is 0 Å². The molecule has 2 N–H and O–H groups in total. The fraction of sp³-hybridized carbons (Fsp3) is 0.304. The highest BCUT2D eigenvalue weighted by atomic mass is 35.5. The molecule has 1 saturated heterocycles. The molecule has 0 aliphatic carbocycles. The maximum atomic E-state index is 9.90. The molecule has 3 heterocycles. The molecule has 0 saturated carbocycles. The van der Waals surface area contributed by atoms with E-state index in [4.69, 9.17) is 16.3 Å². The number of anilines is 2. The highest BCUT2D eigenvalue weighted by molar-refractivity contribution is 6.32. The third kappa shape index (κ3) is 4.86. The van der Waals surface area contributed by atoms with E-state index in [1.165, 1.54) is 0 Å². The Morgan fingerprint density at radius 3 is 2.65 bits per heavy atom. The van der Waals surface area contributed by atoms with Gasteiger partial charge in [-0.1, -0.05) is 22.9 Å². The predicted octanol–water partition coefficient (Wildman–Crippen LogP) is 3.87. The lowest BCUT2D eigenvalue weighted by Gasteiger charge is -2.31. The molecular formula is C23H25Cl2N7O2. The summed E-state index contributed by atoms with van der Waals surface area (Å²) in [5, 5.41) is 32.9. The van der Waals surface area contributed by atoms with Gasteiger partial charge in [0.15, 0.2) is 11.6 Å². The molecule has 1 aliphatic rings. The molecule has 2 aromatic carbocycles. The van der Waals surface area contributed by atoms with Crippen LogP contribution in [-0.4, -0.2) is 56.6 Å². The number of halogens is 2. The topological polar surface area (TPSA) is 101 Å². The second kappa shape index (κ2) is 10.4. The SMILES string of the molecule is COc1ccc(CNc2nnc(N3CCC(O)CC3)c3ccc(-n4ccnn4)cc23)cc1Cl.Cl. The molecule has 0 bridgehead atoms. The zero-order chi connectivity index (χ0) is 22.8. The number of nitrogens with one attached hydrogen (secondary N) is 1. The fourth-order valence-corrected chi connectivity index (χ4v) is 4.34. The van der Waals surface area contributed by atoms with Crippen LogP contribution in [-0.2, 0) is 6.54 Å². The van der Waals surface area contributed by atoms with Gasteiger partial charge in [0, 0.05) is 30.4 Å². The Morgan fingerprint density at radius 1 is 1.12 bits per heavy atom. The van der Waals surface area contributed by atoms with Crippen LogP contribution in [0.15, 0.2) is 48.8 Å². The maximum absolute atomic E-state index is 9.90. The van der Waals surface area contributed by atoms with Crippen molar-refractivity contribution in [2.75, 3.05) is 30.4 Å². The zero-order valence-electron chi connectivity index (χ0n) is 18.6. The Balaban J connectivity index is 0.00000274. The fourth-order valence-electron chi connectivity index (χ4n) is 4.06. The molecule has 34 heavy (non-hydrogen) atoms. The summed E-state index contributed by atoms with van der Waals surface area (Å²) in [6, 6.07) is 11.7. The van der Waals surface area contributed by atoms with Gasteiger partial charge in [-0.3, -0.25) is 0 Å². The van der Waals surface area contributed by atoms with Gasteiger partial charge in [-0.25, -0.2) is 4.68 Å². The summed E-state index contributed by atoms with van der Waals surface area (Å²) in [5.41, 5.74) is 1.88. The number of aliphatic hydroxyl groups is 1. The van der Waals surface area contributed by atoms with E-state index < -0.39 is 0 Å². The van der Waals surface area contributed by atoms with Crippen molar-refractivity contribution in [3.8, 4) is 11.4 Å². The smallest absolute Gasteiger partial charge is 0.159 e. The van der Waals surface area contributed by atoms with Crippen LogP contribution in [0.1, 0.15) is 18.4 Å². The minimum Gasteiger partial charge on any atom is -0.495 e. The van der Waals surface area contributed by atoms with Crippen LogP contribution < -0.4 is 15.0 Å². The van der Waals surface area contributed by atoms with Gasteiger partial charge in [-0.05, 0) is 48.7 Å². The van der Waals surface area contributed by atoms with Gasteiger partial charge in [-0.15, -0.1) is 27.7 Å². The molecular weight excluding hydrogens is 477 g/mol. The number of rotatable bonds is 6. The summed E-state index contributed by atoms with van der Waals surface area (Å²) in [6.07, 6.45) is 4.63. The van der Waals surface area contributed by atoms with Crippen LogP contribution in [0.3, 0.4) is 0 Å². The first kappa shape index (κ1) is 24.0. The number of nitrogens with zero attached hydrogens (tertiary/aromatic N) is 6. The summed E-state index contributed by atoms with van der Waals surface area (Å²) in [7, 11) is 1.60. The average molecular weight is 502 g/mol. The molecule has 0 amide bonds. The maximum Gasteiger partial charge on any atom is 0.159 e. The van der Waals surface area contributed by atoms with E-state index in [9.17, 15) is 5.11 Å². The Bertz CT molecular complexity index is 1260. The molecule has 5 rings (SSSR count). The van der Waals surface area contributed by atoms with Crippen LogP contribution in [0, 0.1) is 0 Å². The van der Waals surface area contributed by atoms with Crippen molar-refractivity contribution >= 4 is 46.4 Å². The van der Waals surface area contributed by atoms with Gasteiger partial charge in [0.05, 0.1) is 36.3 Å². The second-order valence-electron chi connectivity index (χ2n) is 7.99. The lowest BCUT2D eigenvalue weighted by Crippen LogP contribution is -2.36. The normalized spacial score (nSPS) is 14.1. The summed E-state index contributed by atoms with van der Waals surface area (Å²) in [4.78, 5) is 2.18. The van der Waals surface area contributed by atoms with Gasteiger partial charge in [0.1, 0.15) is 5.75 Å². The van der Waals surface area contributed by atoms with Crippen LogP contribution in [0.25, 0.3) is 16.5 Å². The number of methoxy groups -OCH3 is 1. The summed E-state index contributed by atoms with van der Waals surface area (Å²) in [5.74, 6) is 2.12. The molecule has 11 heteroatoms. The quantitative estimate of drug-likeness (QED) is 0.410. The van der Waals surface area contributed by atoms with Crippen molar-refractivity contribution in [1.82, 2.24) is 25.2 Å². The van der Waals surface area contributed by atoms with Gasteiger partial charge in [-0.2, -0.15) is 0 Å². The van der Waals surface area contributed by atoms with Crippen LogP contribution in [0.5, 0.6) is 5.75 Å². The molecule has 0 atom stereocenters. The lowest BCUT2D eigenvalue weighted by molar-refractivity contribution is 0.145. The van der Waals surface area contributed by atoms with Crippen molar-refractivity contribution in [1.29, 1.82) is 0 Å². The van der Waals surface area contributed by atoms with Crippen molar-refractivity contribution < 1.29 is 9.84 Å². The summed E-state index contributed by atoms with van der Waals surface area (Å²) < 4.78 is 6.95. The molecule has 1 fully saturated rings. The molecule has 0 radical (unpaired) electrons. The number of aliphatic hydroxyl groups excluding tert-OH is 1. The van der Waals surface area contributed by atoms with Gasteiger partial charge >= 0.3 is 0 Å². The summed E-state index contributed by atoms with van der Waals surface area (Å²) >= 11 is 6.28. The molecule has 0 spiro atoms. The summed E-state index contributed by atoms with van der Waals surface area (Å²) in [6.45, 7) is 2.01. The van der Waals surface area contributed by atoms with E-state index in [0.29, 0.717) is 23.1 Å². The molecule has 2 aromatic heterocycles. The third-order valence-electron chi connectivity index (χ3n) is 5.87. The van der Waals surface area contributed by atoms with Gasteiger partial charge < -0.3 is 20.1 Å². The van der Waals surface area contributed by atoms with Gasteiger partial charge in [0.2, 0.25) is 0 Å². The van der Waals surface area contributed by atoms with Gasteiger partial charge in [0.25, 0.3) is 0 Å². The number of piperidine rings is 1. The van der Waals surface area contributed by atoms with Crippen molar-refractivity contribution in [3.05, 3.63) is 59.4 Å².